The molecule has 0 spiro atoms. The molecule has 3 nitrogen and oxygen atoms in total. The molecule has 0 bridgehead atoms. The summed E-state index contributed by atoms with van der Waals surface area (Å²) in [6, 6.07) is 10.5. The summed E-state index contributed by atoms with van der Waals surface area (Å²) in [4.78, 5) is 5.10. The first-order chi connectivity index (χ1) is 13.1. The van der Waals surface area contributed by atoms with E-state index in [2.05, 4.69) is 38.1 Å². The molecule has 0 atom stereocenters. The lowest BCUT2D eigenvalue weighted by atomic mass is 9.79. The van der Waals surface area contributed by atoms with Gasteiger partial charge in [-0.2, -0.15) is 0 Å². The molecule has 28 heavy (non-hydrogen) atoms. The Bertz CT molecular complexity index is 850. The standard InChI is InChI=1S/C24H35NO2S/c1-17(2)21-15-22(25-23(21)20-9-7-6-8-10-20)19-13-11-18(12-14-19)16-28(26,27)24(3,4)5/h6-10,17-19H,11-16H2,1-5H3. The third-order valence-corrected chi connectivity index (χ3v) is 9.16. The van der Waals surface area contributed by atoms with Crippen LogP contribution < -0.4 is 0 Å². The number of allylic oxidation sites excluding steroid dienone is 1. The highest BCUT2D eigenvalue weighted by molar-refractivity contribution is 7.92. The molecule has 1 aliphatic heterocycles. The second kappa shape index (κ2) is 8.14. The maximum Gasteiger partial charge on any atom is 0.155 e. The van der Waals surface area contributed by atoms with Crippen LogP contribution >= 0.6 is 0 Å². The summed E-state index contributed by atoms with van der Waals surface area (Å²) in [7, 11) is -3.04. The van der Waals surface area contributed by atoms with Crippen molar-refractivity contribution in [2.45, 2.75) is 71.5 Å². The predicted octanol–water partition coefficient (Wildman–Crippen LogP) is 5.92. The van der Waals surface area contributed by atoms with Crippen molar-refractivity contribution in [1.29, 1.82) is 0 Å². The van der Waals surface area contributed by atoms with Crippen molar-refractivity contribution in [1.82, 2.24) is 0 Å². The molecule has 4 heteroatoms. The lowest BCUT2D eigenvalue weighted by Gasteiger charge is -2.30. The molecule has 2 aliphatic rings. The van der Waals surface area contributed by atoms with Gasteiger partial charge in [0.05, 0.1) is 16.2 Å². The Morgan fingerprint density at radius 2 is 1.64 bits per heavy atom. The van der Waals surface area contributed by atoms with Crippen LogP contribution in [0.2, 0.25) is 0 Å². The minimum absolute atomic E-state index is 0.300. The largest absolute Gasteiger partial charge is 0.257 e. The van der Waals surface area contributed by atoms with E-state index in [9.17, 15) is 8.42 Å². The van der Waals surface area contributed by atoms with E-state index in [-0.39, 0.29) is 0 Å². The predicted molar refractivity (Wildman–Crippen MR) is 119 cm³/mol. The van der Waals surface area contributed by atoms with Crippen LogP contribution in [0.5, 0.6) is 0 Å². The van der Waals surface area contributed by atoms with Gasteiger partial charge in [0, 0.05) is 17.7 Å². The number of hydrogen-bond donors (Lipinski definition) is 0. The molecule has 3 rings (SSSR count). The summed E-state index contributed by atoms with van der Waals surface area (Å²) in [5, 5.41) is 0. The molecule has 0 amide bonds. The Balaban J connectivity index is 1.67. The number of sulfone groups is 1. The van der Waals surface area contributed by atoms with Gasteiger partial charge in [0.1, 0.15) is 0 Å². The second-order valence-electron chi connectivity index (χ2n) is 9.79. The SMILES string of the molecule is CC(C)C1=C(c2ccccc2)N=C(C2CCC(CS(=O)(=O)C(C)(C)C)CC2)C1. The molecular formula is C24H35NO2S. The van der Waals surface area contributed by atoms with Crippen molar-refractivity contribution < 1.29 is 8.42 Å². The van der Waals surface area contributed by atoms with Crippen molar-refractivity contribution in [3.05, 3.63) is 41.5 Å². The van der Waals surface area contributed by atoms with Crippen LogP contribution in [-0.4, -0.2) is 24.6 Å². The molecule has 0 saturated heterocycles. The zero-order chi connectivity index (χ0) is 20.5. The monoisotopic (exact) mass is 401 g/mol. The van der Waals surface area contributed by atoms with Crippen LogP contribution in [-0.2, 0) is 9.84 Å². The summed E-state index contributed by atoms with van der Waals surface area (Å²) in [6.07, 6.45) is 5.11. The molecule has 0 N–H and O–H groups in total. The maximum atomic E-state index is 12.5. The van der Waals surface area contributed by atoms with E-state index in [0.717, 1.165) is 32.1 Å². The van der Waals surface area contributed by atoms with E-state index in [1.165, 1.54) is 22.5 Å². The van der Waals surface area contributed by atoms with Gasteiger partial charge in [-0.15, -0.1) is 0 Å². The van der Waals surface area contributed by atoms with Gasteiger partial charge in [0.25, 0.3) is 0 Å². The first-order valence-electron chi connectivity index (χ1n) is 10.7. The summed E-state index contributed by atoms with van der Waals surface area (Å²) < 4.78 is 24.4. The Morgan fingerprint density at radius 1 is 1.04 bits per heavy atom. The van der Waals surface area contributed by atoms with E-state index in [0.29, 0.717) is 23.5 Å². The van der Waals surface area contributed by atoms with Gasteiger partial charge in [-0.3, -0.25) is 4.99 Å². The summed E-state index contributed by atoms with van der Waals surface area (Å²) in [6.45, 7) is 9.94. The van der Waals surface area contributed by atoms with Crippen LogP contribution in [0.1, 0.15) is 72.3 Å². The van der Waals surface area contributed by atoms with Gasteiger partial charge >= 0.3 is 0 Å². The van der Waals surface area contributed by atoms with E-state index < -0.39 is 14.6 Å². The lowest BCUT2D eigenvalue weighted by molar-refractivity contribution is 0.341. The molecule has 1 saturated carbocycles. The van der Waals surface area contributed by atoms with Crippen LogP contribution in [0.25, 0.3) is 5.70 Å². The van der Waals surface area contributed by atoms with Crippen LogP contribution in [0.3, 0.4) is 0 Å². The van der Waals surface area contributed by atoms with Gasteiger partial charge in [-0.1, -0.05) is 44.2 Å². The van der Waals surface area contributed by atoms with Gasteiger partial charge in [0.2, 0.25) is 0 Å². The average molecular weight is 402 g/mol. The third kappa shape index (κ3) is 4.59. The molecule has 0 unspecified atom stereocenters. The fourth-order valence-corrected chi connectivity index (χ4v) is 5.77. The van der Waals surface area contributed by atoms with Crippen LogP contribution in [0.15, 0.2) is 40.9 Å². The average Bonchev–Trinajstić information content (AvgIpc) is 3.07. The van der Waals surface area contributed by atoms with E-state index in [1.807, 2.05) is 26.8 Å². The minimum Gasteiger partial charge on any atom is -0.257 e. The van der Waals surface area contributed by atoms with Gasteiger partial charge in [-0.05, 0) is 69.8 Å². The molecule has 1 heterocycles. The quantitative estimate of drug-likeness (QED) is 0.615. The Labute approximate surface area is 171 Å². The van der Waals surface area contributed by atoms with E-state index in [1.54, 1.807) is 0 Å². The zero-order valence-electron chi connectivity index (χ0n) is 18.0. The van der Waals surface area contributed by atoms with Gasteiger partial charge < -0.3 is 0 Å². The minimum atomic E-state index is -3.04. The number of benzene rings is 1. The van der Waals surface area contributed by atoms with Crippen molar-refractivity contribution in [2.75, 3.05) is 5.75 Å². The maximum absolute atomic E-state index is 12.5. The smallest absolute Gasteiger partial charge is 0.155 e. The normalized spacial score (nSPS) is 24.0. The highest BCUT2D eigenvalue weighted by Crippen LogP contribution is 2.40. The Hall–Kier alpha value is -1.42. The van der Waals surface area contributed by atoms with E-state index in [4.69, 9.17) is 4.99 Å². The number of nitrogens with zero attached hydrogens (tertiary/aromatic N) is 1. The topological polar surface area (TPSA) is 46.5 Å². The van der Waals surface area contributed by atoms with Crippen molar-refractivity contribution in [3.8, 4) is 0 Å². The Kier molecular flexibility index (Phi) is 6.19. The fraction of sp³-hybridized carbons (Fsp3) is 0.625. The lowest BCUT2D eigenvalue weighted by Crippen LogP contribution is -2.35. The first kappa shape index (κ1) is 21.3. The molecule has 0 radical (unpaired) electrons. The van der Waals surface area contributed by atoms with Gasteiger partial charge in [-0.25, -0.2) is 8.42 Å². The van der Waals surface area contributed by atoms with Crippen molar-refractivity contribution in [3.63, 3.8) is 0 Å². The van der Waals surface area contributed by atoms with Crippen LogP contribution in [0.4, 0.5) is 0 Å². The van der Waals surface area contributed by atoms with Crippen LogP contribution in [0, 0.1) is 17.8 Å². The molecule has 1 aliphatic carbocycles. The van der Waals surface area contributed by atoms with E-state index >= 15 is 0 Å². The number of hydrogen-bond acceptors (Lipinski definition) is 3. The summed E-state index contributed by atoms with van der Waals surface area (Å²) >= 11 is 0. The molecule has 1 aromatic carbocycles. The number of rotatable bonds is 5. The molecule has 0 aromatic heterocycles. The summed E-state index contributed by atoms with van der Waals surface area (Å²) in [5.74, 6) is 1.63. The van der Waals surface area contributed by atoms with Crippen molar-refractivity contribution in [2.24, 2.45) is 22.7 Å². The fourth-order valence-electron chi connectivity index (χ4n) is 4.32. The zero-order valence-corrected chi connectivity index (χ0v) is 18.8. The summed E-state index contributed by atoms with van der Waals surface area (Å²) in [5.41, 5.74) is 5.15. The molecule has 154 valence electrons. The van der Waals surface area contributed by atoms with Gasteiger partial charge in [0.15, 0.2) is 9.84 Å². The number of aliphatic imine (C=N–C) groups is 1. The molecule has 1 aromatic rings. The third-order valence-electron chi connectivity index (χ3n) is 6.38. The highest BCUT2D eigenvalue weighted by atomic mass is 32.2. The molecular weight excluding hydrogens is 366 g/mol. The second-order valence-corrected chi connectivity index (χ2v) is 12.6. The van der Waals surface area contributed by atoms with Crippen molar-refractivity contribution >= 4 is 21.2 Å². The first-order valence-corrected chi connectivity index (χ1v) is 12.3. The Morgan fingerprint density at radius 3 is 2.18 bits per heavy atom. The molecule has 1 fully saturated rings. The highest BCUT2D eigenvalue weighted by Gasteiger charge is 2.35.